The molecule has 0 unspecified atom stereocenters. The molecular weight excluding hydrogens is 592 g/mol. The van der Waals surface area contributed by atoms with Crippen LogP contribution in [0.25, 0.3) is 10.9 Å². The lowest BCUT2D eigenvalue weighted by atomic mass is 9.99. The number of morpholine rings is 1. The van der Waals surface area contributed by atoms with Crippen LogP contribution >= 0.6 is 24.8 Å². The number of carbonyl (C=O) groups excluding carboxylic acids is 1. The van der Waals surface area contributed by atoms with Crippen molar-refractivity contribution in [1.29, 1.82) is 0 Å². The fourth-order valence-corrected chi connectivity index (χ4v) is 6.04. The van der Waals surface area contributed by atoms with Crippen molar-refractivity contribution in [3.63, 3.8) is 0 Å². The Hall–Kier alpha value is -2.50. The Kier molecular flexibility index (Phi) is 11.6. The van der Waals surface area contributed by atoms with E-state index >= 15 is 0 Å². The average Bonchev–Trinajstić information content (AvgIpc) is 3.33. The van der Waals surface area contributed by atoms with Crippen LogP contribution in [-0.4, -0.2) is 96.8 Å². The quantitative estimate of drug-likeness (QED) is 0.373. The predicted octanol–water partition coefficient (Wildman–Crippen LogP) is 5.52. The second-order valence-electron chi connectivity index (χ2n) is 11.0. The van der Waals surface area contributed by atoms with Gasteiger partial charge in [0.15, 0.2) is 0 Å². The summed E-state index contributed by atoms with van der Waals surface area (Å²) in [5.41, 5.74) is 1.19. The topological polar surface area (TPSA) is 61.0 Å². The lowest BCUT2D eigenvalue weighted by Gasteiger charge is -2.43. The monoisotopic (exact) mass is 630 g/mol. The molecule has 232 valence electrons. The van der Waals surface area contributed by atoms with Crippen LogP contribution in [0.5, 0.6) is 5.75 Å². The summed E-state index contributed by atoms with van der Waals surface area (Å²) >= 11 is 0. The van der Waals surface area contributed by atoms with Gasteiger partial charge in [0.05, 0.1) is 24.9 Å². The Balaban J connectivity index is 0.00000242. The fourth-order valence-electron chi connectivity index (χ4n) is 6.04. The van der Waals surface area contributed by atoms with Crippen LogP contribution in [0.2, 0.25) is 0 Å². The summed E-state index contributed by atoms with van der Waals surface area (Å²) in [6, 6.07) is 11.0. The molecule has 7 nitrogen and oxygen atoms in total. The highest BCUT2D eigenvalue weighted by atomic mass is 35.5. The van der Waals surface area contributed by atoms with Crippen LogP contribution < -0.4 is 4.74 Å². The molecule has 3 atom stereocenters. The molecule has 12 heteroatoms. The number of H-pyrrole nitrogens is 1. The number of halogens is 5. The summed E-state index contributed by atoms with van der Waals surface area (Å²) in [7, 11) is 1.30. The van der Waals surface area contributed by atoms with Gasteiger partial charge in [-0.3, -0.25) is 14.6 Å². The lowest BCUT2D eigenvalue weighted by molar-refractivity contribution is -0.137. The maximum absolute atomic E-state index is 13.8. The van der Waals surface area contributed by atoms with Gasteiger partial charge in [-0.2, -0.15) is 13.2 Å². The van der Waals surface area contributed by atoms with E-state index in [9.17, 15) is 18.0 Å². The van der Waals surface area contributed by atoms with Crippen LogP contribution in [0.1, 0.15) is 35.3 Å². The van der Waals surface area contributed by atoms with Crippen LogP contribution in [-0.2, 0) is 17.3 Å². The van der Waals surface area contributed by atoms with Gasteiger partial charge in [-0.1, -0.05) is 18.2 Å². The molecule has 0 bridgehead atoms. The van der Waals surface area contributed by atoms with E-state index in [1.807, 2.05) is 30.5 Å². The molecule has 2 aliphatic rings. The molecule has 3 aromatic rings. The van der Waals surface area contributed by atoms with Crippen molar-refractivity contribution >= 4 is 41.6 Å². The second kappa shape index (κ2) is 14.3. The van der Waals surface area contributed by atoms with Crippen molar-refractivity contribution in [1.82, 2.24) is 19.7 Å². The highest BCUT2D eigenvalue weighted by molar-refractivity contribution is 5.95. The molecule has 0 radical (unpaired) electrons. The molecular formula is C30H39Cl2F3N4O3. The van der Waals surface area contributed by atoms with Gasteiger partial charge in [0.2, 0.25) is 0 Å². The molecule has 3 heterocycles. The highest BCUT2D eigenvalue weighted by Crippen LogP contribution is 2.33. The first-order valence-corrected chi connectivity index (χ1v) is 13.8. The summed E-state index contributed by atoms with van der Waals surface area (Å²) in [4.78, 5) is 23.6. The van der Waals surface area contributed by atoms with E-state index in [0.29, 0.717) is 26.1 Å². The lowest BCUT2D eigenvalue weighted by Crippen LogP contribution is -2.57. The van der Waals surface area contributed by atoms with Gasteiger partial charge in [-0.05, 0) is 50.1 Å². The van der Waals surface area contributed by atoms with Gasteiger partial charge >= 0.3 is 6.18 Å². The number of aromatic nitrogens is 1. The van der Waals surface area contributed by atoms with Gasteiger partial charge in [0, 0.05) is 74.5 Å². The number of aromatic amines is 1. The number of fused-ring (bicyclic) bond motifs is 1. The van der Waals surface area contributed by atoms with Crippen molar-refractivity contribution in [3.05, 3.63) is 65.4 Å². The van der Waals surface area contributed by atoms with E-state index in [2.05, 4.69) is 28.6 Å². The van der Waals surface area contributed by atoms with Crippen molar-refractivity contribution in [3.8, 4) is 5.75 Å². The van der Waals surface area contributed by atoms with Gasteiger partial charge < -0.3 is 19.4 Å². The third kappa shape index (κ3) is 7.90. The zero-order valence-electron chi connectivity index (χ0n) is 24.0. The minimum Gasteiger partial charge on any atom is -0.497 e. The van der Waals surface area contributed by atoms with Crippen LogP contribution in [0.15, 0.2) is 48.7 Å². The molecule has 2 saturated heterocycles. The van der Waals surface area contributed by atoms with Crippen molar-refractivity contribution in [2.75, 3.05) is 52.9 Å². The largest absolute Gasteiger partial charge is 0.497 e. The van der Waals surface area contributed by atoms with Gasteiger partial charge in [0.1, 0.15) is 5.75 Å². The maximum atomic E-state index is 13.8. The van der Waals surface area contributed by atoms with Crippen molar-refractivity contribution in [2.24, 2.45) is 0 Å². The van der Waals surface area contributed by atoms with E-state index in [4.69, 9.17) is 9.47 Å². The van der Waals surface area contributed by atoms with Gasteiger partial charge in [-0.25, -0.2) is 0 Å². The molecule has 5 rings (SSSR count). The summed E-state index contributed by atoms with van der Waals surface area (Å²) in [5, 5.41) is 1.09. The molecule has 2 aliphatic heterocycles. The average molecular weight is 632 g/mol. The summed E-state index contributed by atoms with van der Waals surface area (Å²) in [6.07, 6.45) is -1.64. The second-order valence-corrected chi connectivity index (χ2v) is 11.0. The molecule has 1 N–H and O–H groups in total. The molecule has 0 spiro atoms. The molecule has 0 saturated carbocycles. The first-order chi connectivity index (χ1) is 19.1. The number of para-hydroxylation sites is 1. The SMILES string of the molecule is COc1cc(C(=O)N2CCN(CCN3C[C@@H](C)O[C@@H](C)C3)C[C@H]2Cc2c[nH]c3ccccc23)cc(C(F)(F)F)c1.Cl.Cl. The van der Waals surface area contributed by atoms with E-state index in [1.54, 1.807) is 4.90 Å². The standard InChI is InChI=1S/C30H37F3N4O3.2ClH/c1-20-17-36(18-21(2)40-20)9-8-35-10-11-37(25(19-35)13-23-16-34-28-7-5-4-6-27(23)28)29(38)22-12-24(30(31,32)33)15-26(14-22)39-3;;/h4-7,12,14-16,20-21,25,34H,8-11,13,17-19H2,1-3H3;2*1H/t20-,21+,25-;;/m1../s1. The Morgan fingerprint density at radius 1 is 1.00 bits per heavy atom. The fraction of sp³-hybridized carbons (Fsp3) is 0.500. The smallest absolute Gasteiger partial charge is 0.416 e. The van der Waals surface area contributed by atoms with Crippen molar-refractivity contribution in [2.45, 2.75) is 44.7 Å². The zero-order valence-corrected chi connectivity index (χ0v) is 25.7. The summed E-state index contributed by atoms with van der Waals surface area (Å²) in [6.45, 7) is 9.43. The number of carbonyl (C=O) groups is 1. The van der Waals surface area contributed by atoms with Crippen molar-refractivity contribution < 1.29 is 27.4 Å². The Labute approximate surface area is 257 Å². The van der Waals surface area contributed by atoms with Crippen LogP contribution in [0.4, 0.5) is 13.2 Å². The number of amides is 1. The summed E-state index contributed by atoms with van der Waals surface area (Å²) < 4.78 is 51.8. The first-order valence-electron chi connectivity index (χ1n) is 13.8. The van der Waals surface area contributed by atoms with Crippen LogP contribution in [0.3, 0.4) is 0 Å². The number of hydrogen-bond acceptors (Lipinski definition) is 5. The number of nitrogens with zero attached hydrogens (tertiary/aromatic N) is 3. The van der Waals surface area contributed by atoms with Gasteiger partial charge in [-0.15, -0.1) is 24.8 Å². The molecule has 2 fully saturated rings. The number of benzene rings is 2. The molecule has 1 amide bonds. The summed E-state index contributed by atoms with van der Waals surface area (Å²) in [5.74, 6) is -0.399. The number of alkyl halides is 3. The predicted molar refractivity (Wildman–Crippen MR) is 162 cm³/mol. The Morgan fingerprint density at radius 3 is 2.38 bits per heavy atom. The number of hydrogen-bond donors (Lipinski definition) is 1. The molecule has 0 aliphatic carbocycles. The maximum Gasteiger partial charge on any atom is 0.416 e. The number of rotatable bonds is 7. The first kappa shape index (κ1) is 34.0. The minimum atomic E-state index is -4.58. The highest BCUT2D eigenvalue weighted by Gasteiger charge is 2.35. The minimum absolute atomic E-state index is 0. The van der Waals surface area contributed by atoms with E-state index in [0.717, 1.165) is 54.8 Å². The molecule has 1 aromatic heterocycles. The number of ether oxygens (including phenoxy) is 2. The van der Waals surface area contributed by atoms with Gasteiger partial charge in [0.25, 0.3) is 5.91 Å². The molecule has 42 heavy (non-hydrogen) atoms. The zero-order chi connectivity index (χ0) is 28.4. The number of methoxy groups -OCH3 is 1. The normalized spacial score (nSPS) is 22.0. The Bertz CT molecular complexity index is 1330. The Morgan fingerprint density at radius 2 is 1.69 bits per heavy atom. The van der Waals surface area contributed by atoms with E-state index < -0.39 is 17.6 Å². The van der Waals surface area contributed by atoms with E-state index in [-0.39, 0.29) is 54.4 Å². The molecule has 2 aromatic carbocycles. The number of piperazine rings is 1. The number of nitrogens with one attached hydrogen (secondary N) is 1. The third-order valence-electron chi connectivity index (χ3n) is 7.90. The van der Waals surface area contributed by atoms with Crippen LogP contribution in [0, 0.1) is 0 Å². The third-order valence-corrected chi connectivity index (χ3v) is 7.90. The van der Waals surface area contributed by atoms with E-state index in [1.165, 1.54) is 13.2 Å².